The monoisotopic (exact) mass is 142 g/mol. The SMILES string of the molecule is CCn1ccs/c1=N\C. The quantitative estimate of drug-likeness (QED) is 0.558. The van der Waals surface area contributed by atoms with Gasteiger partial charge in [0.1, 0.15) is 0 Å². The number of rotatable bonds is 1. The van der Waals surface area contributed by atoms with Crippen LogP contribution in [-0.2, 0) is 6.54 Å². The summed E-state index contributed by atoms with van der Waals surface area (Å²) < 4.78 is 2.12. The summed E-state index contributed by atoms with van der Waals surface area (Å²) in [7, 11) is 1.82. The van der Waals surface area contributed by atoms with Crippen molar-refractivity contribution in [2.45, 2.75) is 13.5 Å². The van der Waals surface area contributed by atoms with Crippen molar-refractivity contribution in [1.82, 2.24) is 4.57 Å². The second-order valence-electron chi connectivity index (χ2n) is 1.70. The van der Waals surface area contributed by atoms with E-state index in [-0.39, 0.29) is 0 Å². The number of aryl methyl sites for hydroxylation is 1. The van der Waals surface area contributed by atoms with Crippen molar-refractivity contribution in [1.29, 1.82) is 0 Å². The summed E-state index contributed by atoms with van der Waals surface area (Å²) in [4.78, 5) is 5.18. The van der Waals surface area contributed by atoms with E-state index in [0.29, 0.717) is 0 Å². The first-order chi connectivity index (χ1) is 4.38. The van der Waals surface area contributed by atoms with Crippen LogP contribution >= 0.6 is 11.3 Å². The Kier molecular flexibility index (Phi) is 2.05. The van der Waals surface area contributed by atoms with E-state index >= 15 is 0 Å². The molecule has 1 rings (SSSR count). The molecule has 0 aliphatic heterocycles. The van der Waals surface area contributed by atoms with Crippen molar-refractivity contribution in [3.8, 4) is 0 Å². The maximum Gasteiger partial charge on any atom is 0.184 e. The minimum absolute atomic E-state index is 1.01. The first-order valence-corrected chi connectivity index (χ1v) is 3.83. The number of hydrogen-bond donors (Lipinski definition) is 0. The molecule has 1 heterocycles. The minimum atomic E-state index is 1.01. The zero-order chi connectivity index (χ0) is 6.69. The van der Waals surface area contributed by atoms with Crippen molar-refractivity contribution in [3.05, 3.63) is 16.4 Å². The molecule has 0 spiro atoms. The number of nitrogens with zero attached hydrogens (tertiary/aromatic N) is 2. The smallest absolute Gasteiger partial charge is 0.184 e. The molecule has 0 fully saturated rings. The average molecular weight is 142 g/mol. The van der Waals surface area contributed by atoms with Crippen LogP contribution in [0.3, 0.4) is 0 Å². The Labute approximate surface area is 58.5 Å². The Hall–Kier alpha value is -0.570. The third-order valence-corrected chi connectivity index (χ3v) is 2.08. The molecule has 0 radical (unpaired) electrons. The fraction of sp³-hybridized carbons (Fsp3) is 0.500. The molecular weight excluding hydrogens is 132 g/mol. The van der Waals surface area contributed by atoms with Gasteiger partial charge in [0.2, 0.25) is 0 Å². The minimum Gasteiger partial charge on any atom is -0.324 e. The lowest BCUT2D eigenvalue weighted by Crippen LogP contribution is -2.11. The normalized spacial score (nSPS) is 12.4. The molecule has 0 amide bonds. The van der Waals surface area contributed by atoms with Gasteiger partial charge in [-0.25, -0.2) is 0 Å². The van der Waals surface area contributed by atoms with Crippen LogP contribution in [0.15, 0.2) is 16.6 Å². The van der Waals surface area contributed by atoms with E-state index in [9.17, 15) is 0 Å². The highest BCUT2D eigenvalue weighted by Crippen LogP contribution is 1.87. The van der Waals surface area contributed by atoms with E-state index in [1.54, 1.807) is 11.3 Å². The third-order valence-electron chi connectivity index (χ3n) is 1.19. The highest BCUT2D eigenvalue weighted by atomic mass is 32.1. The van der Waals surface area contributed by atoms with Crippen LogP contribution in [0.25, 0.3) is 0 Å². The van der Waals surface area contributed by atoms with E-state index in [0.717, 1.165) is 11.3 Å². The molecule has 0 N–H and O–H groups in total. The molecule has 0 aromatic carbocycles. The lowest BCUT2D eigenvalue weighted by molar-refractivity contribution is 0.734. The van der Waals surface area contributed by atoms with Crippen molar-refractivity contribution < 1.29 is 0 Å². The maximum absolute atomic E-state index is 4.08. The molecule has 0 saturated carbocycles. The lowest BCUT2D eigenvalue weighted by Gasteiger charge is -1.91. The van der Waals surface area contributed by atoms with Gasteiger partial charge < -0.3 is 4.57 Å². The van der Waals surface area contributed by atoms with Gasteiger partial charge in [0, 0.05) is 25.2 Å². The molecule has 0 aliphatic carbocycles. The molecule has 50 valence electrons. The number of hydrogen-bond acceptors (Lipinski definition) is 2. The zero-order valence-electron chi connectivity index (χ0n) is 5.66. The van der Waals surface area contributed by atoms with E-state index in [1.165, 1.54) is 0 Å². The molecule has 0 saturated heterocycles. The Balaban J connectivity index is 3.14. The second-order valence-corrected chi connectivity index (χ2v) is 2.57. The highest BCUT2D eigenvalue weighted by molar-refractivity contribution is 7.07. The summed E-state index contributed by atoms with van der Waals surface area (Å²) in [5, 5.41) is 2.05. The molecule has 0 bridgehead atoms. The maximum atomic E-state index is 4.08. The van der Waals surface area contributed by atoms with Gasteiger partial charge in [0.15, 0.2) is 4.80 Å². The van der Waals surface area contributed by atoms with Gasteiger partial charge in [-0.2, -0.15) is 0 Å². The molecular formula is C6H10N2S. The average Bonchev–Trinajstić information content (AvgIpc) is 2.33. The number of thiazole rings is 1. The summed E-state index contributed by atoms with van der Waals surface area (Å²) in [5.41, 5.74) is 0. The first kappa shape index (κ1) is 6.55. The summed E-state index contributed by atoms with van der Waals surface area (Å²) >= 11 is 1.67. The van der Waals surface area contributed by atoms with Gasteiger partial charge in [0.05, 0.1) is 0 Å². The highest BCUT2D eigenvalue weighted by Gasteiger charge is 1.86. The topological polar surface area (TPSA) is 17.3 Å². The Morgan fingerprint density at radius 3 is 3.00 bits per heavy atom. The third kappa shape index (κ3) is 1.21. The Morgan fingerprint density at radius 2 is 2.56 bits per heavy atom. The fourth-order valence-electron chi connectivity index (χ4n) is 0.718. The van der Waals surface area contributed by atoms with Crippen LogP contribution in [-0.4, -0.2) is 11.6 Å². The first-order valence-electron chi connectivity index (χ1n) is 2.95. The lowest BCUT2D eigenvalue weighted by atomic mass is 10.7. The zero-order valence-corrected chi connectivity index (χ0v) is 6.48. The van der Waals surface area contributed by atoms with Gasteiger partial charge in [-0.05, 0) is 6.92 Å². The van der Waals surface area contributed by atoms with Gasteiger partial charge in [0.25, 0.3) is 0 Å². The van der Waals surface area contributed by atoms with Crippen LogP contribution in [0.1, 0.15) is 6.92 Å². The van der Waals surface area contributed by atoms with Gasteiger partial charge in [-0.1, -0.05) is 0 Å². The number of aromatic nitrogens is 1. The summed E-state index contributed by atoms with van der Waals surface area (Å²) in [5.74, 6) is 0. The van der Waals surface area contributed by atoms with Gasteiger partial charge in [-0.15, -0.1) is 11.3 Å². The standard InChI is InChI=1S/C6H10N2S/c1-3-8-4-5-9-6(8)7-2/h4-5H,3H2,1-2H3/b7-6-. The second kappa shape index (κ2) is 2.82. The van der Waals surface area contributed by atoms with E-state index < -0.39 is 0 Å². The molecule has 0 atom stereocenters. The molecule has 0 unspecified atom stereocenters. The van der Waals surface area contributed by atoms with Crippen LogP contribution < -0.4 is 4.80 Å². The fourth-order valence-corrected chi connectivity index (χ4v) is 1.48. The molecule has 0 aliphatic rings. The predicted octanol–water partition coefficient (Wildman–Crippen LogP) is 1.10. The van der Waals surface area contributed by atoms with Crippen molar-refractivity contribution in [2.24, 2.45) is 4.99 Å². The van der Waals surface area contributed by atoms with Gasteiger partial charge in [-0.3, -0.25) is 4.99 Å². The molecule has 1 aromatic heterocycles. The van der Waals surface area contributed by atoms with E-state index in [4.69, 9.17) is 0 Å². The summed E-state index contributed by atoms with van der Waals surface area (Å²) in [6.45, 7) is 3.12. The van der Waals surface area contributed by atoms with Crippen molar-refractivity contribution in [3.63, 3.8) is 0 Å². The van der Waals surface area contributed by atoms with E-state index in [2.05, 4.69) is 16.5 Å². The van der Waals surface area contributed by atoms with Crippen LogP contribution in [0.2, 0.25) is 0 Å². The molecule has 2 nitrogen and oxygen atoms in total. The molecule has 9 heavy (non-hydrogen) atoms. The largest absolute Gasteiger partial charge is 0.324 e. The Morgan fingerprint density at radius 1 is 1.78 bits per heavy atom. The predicted molar refractivity (Wildman–Crippen MR) is 39.5 cm³/mol. The van der Waals surface area contributed by atoms with Crippen molar-refractivity contribution >= 4 is 11.3 Å². The van der Waals surface area contributed by atoms with Crippen LogP contribution in [0.4, 0.5) is 0 Å². The Bertz CT molecular complexity index is 233. The van der Waals surface area contributed by atoms with Gasteiger partial charge >= 0.3 is 0 Å². The van der Waals surface area contributed by atoms with Crippen LogP contribution in [0.5, 0.6) is 0 Å². The van der Waals surface area contributed by atoms with E-state index in [1.807, 2.05) is 18.6 Å². The van der Waals surface area contributed by atoms with Crippen molar-refractivity contribution in [2.75, 3.05) is 7.05 Å². The molecule has 1 aromatic rings. The van der Waals surface area contributed by atoms with Crippen LogP contribution in [0, 0.1) is 0 Å². The molecule has 3 heteroatoms. The summed E-state index contributed by atoms with van der Waals surface area (Å²) in [6, 6.07) is 0. The summed E-state index contributed by atoms with van der Waals surface area (Å²) in [6.07, 6.45) is 2.05.